The third-order valence-electron chi connectivity index (χ3n) is 4.51. The summed E-state index contributed by atoms with van der Waals surface area (Å²) in [7, 11) is 0. The summed E-state index contributed by atoms with van der Waals surface area (Å²) in [6.07, 6.45) is 4.18. The minimum absolute atomic E-state index is 0.386. The number of nitrogens with one attached hydrogen (secondary N) is 1. The van der Waals surface area contributed by atoms with E-state index in [0.717, 1.165) is 59.6 Å². The number of hydrogen-bond acceptors (Lipinski definition) is 5. The first-order valence-electron chi connectivity index (χ1n) is 9.08. The van der Waals surface area contributed by atoms with E-state index < -0.39 is 0 Å². The largest absolute Gasteiger partial charge is 0.382 e. The highest BCUT2D eigenvalue weighted by atomic mass is 32.2. The molecule has 5 heteroatoms. The van der Waals surface area contributed by atoms with E-state index in [2.05, 4.69) is 5.32 Å². The second kappa shape index (κ2) is 8.27. The Kier molecular flexibility index (Phi) is 5.39. The lowest BCUT2D eigenvalue weighted by atomic mass is 9.94. The van der Waals surface area contributed by atoms with E-state index in [4.69, 9.17) is 9.17 Å². The lowest BCUT2D eigenvalue weighted by molar-refractivity contribution is 0.0768. The lowest BCUT2D eigenvalue weighted by Crippen LogP contribution is -2.13. The lowest BCUT2D eigenvalue weighted by Gasteiger charge is -2.18. The minimum Gasteiger partial charge on any atom is -0.382 e. The normalized spacial score (nSPS) is 12.9. The summed E-state index contributed by atoms with van der Waals surface area (Å²) in [4.78, 5) is 18.4. The van der Waals surface area contributed by atoms with Crippen LogP contribution in [0.4, 0.5) is 11.5 Å². The van der Waals surface area contributed by atoms with Gasteiger partial charge in [-0.2, -0.15) is 0 Å². The molecule has 0 saturated carbocycles. The molecule has 1 heterocycles. The topological polar surface area (TPSA) is 51.2 Å². The Morgan fingerprint density at radius 3 is 2.44 bits per heavy atom. The van der Waals surface area contributed by atoms with Crippen LogP contribution in [0.3, 0.4) is 0 Å². The van der Waals surface area contributed by atoms with Crippen LogP contribution >= 0.6 is 12.0 Å². The number of aromatic nitrogens is 1. The van der Waals surface area contributed by atoms with Gasteiger partial charge in [-0.15, -0.1) is 0 Å². The summed E-state index contributed by atoms with van der Waals surface area (Å²) >= 11 is 1.07. The Hall–Kier alpha value is -2.79. The molecule has 0 saturated heterocycles. The van der Waals surface area contributed by atoms with Crippen LogP contribution in [0.1, 0.15) is 34.5 Å². The van der Waals surface area contributed by atoms with Gasteiger partial charge in [0.1, 0.15) is 11.4 Å². The number of aryl methyl sites for hydroxylation is 2. The zero-order valence-electron chi connectivity index (χ0n) is 14.9. The van der Waals surface area contributed by atoms with Crippen molar-refractivity contribution in [2.75, 3.05) is 5.32 Å². The molecule has 0 amide bonds. The average molecular weight is 376 g/mol. The molecule has 0 fully saturated rings. The Morgan fingerprint density at radius 1 is 0.963 bits per heavy atom. The molecule has 0 aliphatic heterocycles. The molecule has 27 heavy (non-hydrogen) atoms. The van der Waals surface area contributed by atoms with Gasteiger partial charge in [-0.1, -0.05) is 36.4 Å². The molecule has 0 spiro atoms. The SMILES string of the molecule is O=C(OSc1ccccc1)c1cc2c(nc1Nc1ccccc1)CCCC2. The van der Waals surface area contributed by atoms with Crippen molar-refractivity contribution in [1.29, 1.82) is 0 Å². The third kappa shape index (κ3) is 4.31. The number of carbonyl (C=O) groups excluding carboxylic acids is 1. The first kappa shape index (κ1) is 17.6. The van der Waals surface area contributed by atoms with E-state index in [-0.39, 0.29) is 5.97 Å². The molecule has 1 aliphatic rings. The highest BCUT2D eigenvalue weighted by Gasteiger charge is 2.21. The smallest absolute Gasteiger partial charge is 0.354 e. The van der Waals surface area contributed by atoms with E-state index in [1.54, 1.807) is 0 Å². The van der Waals surface area contributed by atoms with E-state index in [1.165, 1.54) is 0 Å². The number of nitrogens with zero attached hydrogens (tertiary/aromatic N) is 1. The molecule has 0 radical (unpaired) electrons. The maximum absolute atomic E-state index is 12.8. The van der Waals surface area contributed by atoms with Crippen LogP contribution in [0.15, 0.2) is 71.6 Å². The predicted molar refractivity (Wildman–Crippen MR) is 108 cm³/mol. The van der Waals surface area contributed by atoms with Crippen molar-refractivity contribution in [3.8, 4) is 0 Å². The van der Waals surface area contributed by atoms with Gasteiger partial charge in [0.15, 0.2) is 0 Å². The second-order valence-electron chi connectivity index (χ2n) is 6.46. The molecule has 1 aliphatic carbocycles. The van der Waals surface area contributed by atoms with Crippen molar-refractivity contribution >= 4 is 29.5 Å². The summed E-state index contributed by atoms with van der Waals surface area (Å²) in [5.74, 6) is 0.170. The van der Waals surface area contributed by atoms with Crippen molar-refractivity contribution in [3.05, 3.63) is 83.6 Å². The van der Waals surface area contributed by atoms with Gasteiger partial charge in [0, 0.05) is 16.3 Å². The average Bonchev–Trinajstić information content (AvgIpc) is 2.73. The molecule has 2 aromatic carbocycles. The molecule has 0 unspecified atom stereocenters. The maximum Gasteiger partial charge on any atom is 0.354 e. The highest BCUT2D eigenvalue weighted by molar-refractivity contribution is 7.95. The van der Waals surface area contributed by atoms with Crippen LogP contribution in [-0.4, -0.2) is 11.0 Å². The number of anilines is 2. The Labute approximate surface area is 163 Å². The summed E-state index contributed by atoms with van der Waals surface area (Å²) in [6, 6.07) is 21.3. The van der Waals surface area contributed by atoms with E-state index in [9.17, 15) is 4.79 Å². The summed E-state index contributed by atoms with van der Waals surface area (Å²) in [5, 5.41) is 3.28. The zero-order valence-corrected chi connectivity index (χ0v) is 15.7. The van der Waals surface area contributed by atoms with Crippen LogP contribution in [0, 0.1) is 0 Å². The van der Waals surface area contributed by atoms with Crippen molar-refractivity contribution in [2.45, 2.75) is 30.6 Å². The molecule has 0 bridgehead atoms. The number of fused-ring (bicyclic) bond motifs is 1. The molecule has 3 aromatic rings. The Balaban J connectivity index is 1.61. The predicted octanol–water partition coefficient (Wildman–Crippen LogP) is 5.57. The molecule has 1 aromatic heterocycles. The number of hydrogen-bond donors (Lipinski definition) is 1. The van der Waals surface area contributed by atoms with Gasteiger partial charge in [-0.25, -0.2) is 9.78 Å². The standard InChI is InChI=1S/C22H20N2O2S/c25-22(26-27-18-12-5-2-6-13-18)19-15-16-9-7-8-14-20(16)24-21(19)23-17-10-3-1-4-11-17/h1-6,10-13,15H,7-9,14H2,(H,23,24). The van der Waals surface area contributed by atoms with Gasteiger partial charge < -0.3 is 9.50 Å². The van der Waals surface area contributed by atoms with Crippen LogP contribution < -0.4 is 5.32 Å². The minimum atomic E-state index is -0.386. The van der Waals surface area contributed by atoms with Crippen molar-refractivity contribution in [3.63, 3.8) is 0 Å². The Morgan fingerprint density at radius 2 is 1.67 bits per heavy atom. The van der Waals surface area contributed by atoms with Crippen LogP contribution in [0.25, 0.3) is 0 Å². The molecule has 4 nitrogen and oxygen atoms in total. The van der Waals surface area contributed by atoms with E-state index in [0.29, 0.717) is 11.4 Å². The van der Waals surface area contributed by atoms with Gasteiger partial charge in [0.05, 0.1) is 12.0 Å². The number of pyridine rings is 1. The fourth-order valence-electron chi connectivity index (χ4n) is 3.15. The van der Waals surface area contributed by atoms with Gasteiger partial charge >= 0.3 is 5.97 Å². The van der Waals surface area contributed by atoms with Gasteiger partial charge in [-0.05, 0) is 61.6 Å². The fraction of sp³-hybridized carbons (Fsp3) is 0.182. The molecular formula is C22H20N2O2S. The van der Waals surface area contributed by atoms with Crippen molar-refractivity contribution < 1.29 is 8.98 Å². The summed E-state index contributed by atoms with van der Waals surface area (Å²) < 4.78 is 5.48. The summed E-state index contributed by atoms with van der Waals surface area (Å²) in [6.45, 7) is 0. The molecule has 0 atom stereocenters. The first-order chi connectivity index (χ1) is 13.3. The number of rotatable bonds is 5. The molecule has 136 valence electrons. The van der Waals surface area contributed by atoms with Crippen LogP contribution in [-0.2, 0) is 17.0 Å². The monoisotopic (exact) mass is 376 g/mol. The molecule has 1 N–H and O–H groups in total. The highest BCUT2D eigenvalue weighted by Crippen LogP contribution is 2.29. The first-order valence-corrected chi connectivity index (χ1v) is 9.82. The van der Waals surface area contributed by atoms with Crippen molar-refractivity contribution in [1.82, 2.24) is 4.98 Å². The quantitative estimate of drug-likeness (QED) is 0.590. The number of para-hydroxylation sites is 1. The van der Waals surface area contributed by atoms with E-state index >= 15 is 0 Å². The third-order valence-corrected chi connectivity index (χ3v) is 5.21. The van der Waals surface area contributed by atoms with Crippen LogP contribution in [0.2, 0.25) is 0 Å². The van der Waals surface area contributed by atoms with Crippen LogP contribution in [0.5, 0.6) is 0 Å². The summed E-state index contributed by atoms with van der Waals surface area (Å²) in [5.41, 5.74) is 3.59. The maximum atomic E-state index is 12.8. The van der Waals surface area contributed by atoms with E-state index in [1.807, 2.05) is 66.7 Å². The second-order valence-corrected chi connectivity index (χ2v) is 7.26. The number of benzene rings is 2. The number of carbonyl (C=O) groups is 1. The van der Waals surface area contributed by atoms with Crippen molar-refractivity contribution in [2.24, 2.45) is 0 Å². The van der Waals surface area contributed by atoms with Gasteiger partial charge in [-0.3, -0.25) is 0 Å². The fourth-order valence-corrected chi connectivity index (χ4v) is 3.68. The molecule has 4 rings (SSSR count). The Bertz CT molecular complexity index is 930. The van der Waals surface area contributed by atoms with Gasteiger partial charge in [0.2, 0.25) is 0 Å². The zero-order chi connectivity index (χ0) is 18.5. The molecular weight excluding hydrogens is 356 g/mol. The van der Waals surface area contributed by atoms with Gasteiger partial charge in [0.25, 0.3) is 0 Å².